The summed E-state index contributed by atoms with van der Waals surface area (Å²) in [6.45, 7) is 1.85. The molecule has 5 heteroatoms. The standard InChI is InChI=1S/C11H18N2O2S/c1-13-10(7-14)6-12-11(13)16-8-9-2-4-15-5-3-9/h6,9,14H,2-5,7-8H2,1H3. The average molecular weight is 242 g/mol. The fourth-order valence-electron chi connectivity index (χ4n) is 1.81. The Hall–Kier alpha value is -0.520. The smallest absolute Gasteiger partial charge is 0.167 e. The molecule has 1 N–H and O–H groups in total. The Morgan fingerprint density at radius 1 is 1.56 bits per heavy atom. The molecular weight excluding hydrogens is 224 g/mol. The second-order valence-corrected chi connectivity index (χ2v) is 5.10. The van der Waals surface area contributed by atoms with E-state index in [9.17, 15) is 0 Å². The largest absolute Gasteiger partial charge is 0.390 e. The highest BCUT2D eigenvalue weighted by molar-refractivity contribution is 7.99. The zero-order valence-corrected chi connectivity index (χ0v) is 10.4. The molecule has 1 aliphatic heterocycles. The average Bonchev–Trinajstić information content (AvgIpc) is 2.69. The minimum absolute atomic E-state index is 0.0569. The van der Waals surface area contributed by atoms with Gasteiger partial charge in [0.1, 0.15) is 0 Å². The van der Waals surface area contributed by atoms with Crippen LogP contribution in [0.15, 0.2) is 11.4 Å². The SMILES string of the molecule is Cn1c(CO)cnc1SCC1CCOCC1. The molecule has 1 saturated heterocycles. The summed E-state index contributed by atoms with van der Waals surface area (Å²) < 4.78 is 7.30. The van der Waals surface area contributed by atoms with Crippen LogP contribution in [-0.4, -0.2) is 33.6 Å². The molecule has 1 aliphatic rings. The third-order valence-electron chi connectivity index (χ3n) is 2.99. The van der Waals surface area contributed by atoms with Crippen molar-refractivity contribution in [2.24, 2.45) is 13.0 Å². The van der Waals surface area contributed by atoms with Gasteiger partial charge in [-0.2, -0.15) is 0 Å². The van der Waals surface area contributed by atoms with E-state index in [0.717, 1.165) is 48.6 Å². The van der Waals surface area contributed by atoms with Crippen molar-refractivity contribution in [3.05, 3.63) is 11.9 Å². The molecule has 0 radical (unpaired) electrons. The first-order valence-corrected chi connectivity index (χ1v) is 6.62. The minimum atomic E-state index is 0.0569. The fourth-order valence-corrected chi connectivity index (χ4v) is 2.97. The van der Waals surface area contributed by atoms with Gasteiger partial charge in [0.15, 0.2) is 5.16 Å². The highest BCUT2D eigenvalue weighted by Crippen LogP contribution is 2.25. The highest BCUT2D eigenvalue weighted by atomic mass is 32.2. The molecule has 16 heavy (non-hydrogen) atoms. The van der Waals surface area contributed by atoms with Gasteiger partial charge in [-0.05, 0) is 18.8 Å². The molecule has 1 fully saturated rings. The van der Waals surface area contributed by atoms with E-state index in [1.165, 1.54) is 0 Å². The van der Waals surface area contributed by atoms with Gasteiger partial charge in [0.2, 0.25) is 0 Å². The lowest BCUT2D eigenvalue weighted by atomic mass is 10.0. The molecule has 4 nitrogen and oxygen atoms in total. The summed E-state index contributed by atoms with van der Waals surface area (Å²) in [4.78, 5) is 4.31. The number of aliphatic hydroxyl groups is 1. The molecule has 90 valence electrons. The Bertz CT molecular complexity index is 335. The quantitative estimate of drug-likeness (QED) is 0.811. The van der Waals surface area contributed by atoms with E-state index < -0.39 is 0 Å². The number of imidazole rings is 1. The molecule has 2 heterocycles. The zero-order chi connectivity index (χ0) is 11.4. The van der Waals surface area contributed by atoms with Crippen molar-refractivity contribution in [3.8, 4) is 0 Å². The minimum Gasteiger partial charge on any atom is -0.390 e. The van der Waals surface area contributed by atoms with Crippen molar-refractivity contribution in [2.75, 3.05) is 19.0 Å². The van der Waals surface area contributed by atoms with Gasteiger partial charge in [-0.25, -0.2) is 4.98 Å². The molecule has 0 atom stereocenters. The lowest BCUT2D eigenvalue weighted by molar-refractivity contribution is 0.0728. The van der Waals surface area contributed by atoms with Crippen molar-refractivity contribution in [1.82, 2.24) is 9.55 Å². The Morgan fingerprint density at radius 2 is 2.31 bits per heavy atom. The maximum absolute atomic E-state index is 9.06. The molecule has 0 amide bonds. The molecule has 1 aromatic heterocycles. The number of ether oxygens (including phenoxy) is 1. The van der Waals surface area contributed by atoms with Crippen molar-refractivity contribution in [3.63, 3.8) is 0 Å². The first-order valence-electron chi connectivity index (χ1n) is 5.63. The van der Waals surface area contributed by atoms with Crippen LogP contribution in [0.4, 0.5) is 0 Å². The van der Waals surface area contributed by atoms with Crippen LogP contribution in [0, 0.1) is 5.92 Å². The maximum Gasteiger partial charge on any atom is 0.167 e. The molecule has 0 unspecified atom stereocenters. The lowest BCUT2D eigenvalue weighted by Gasteiger charge is -2.21. The Labute approximate surface area is 100 Å². The van der Waals surface area contributed by atoms with Crippen molar-refractivity contribution in [1.29, 1.82) is 0 Å². The van der Waals surface area contributed by atoms with Gasteiger partial charge in [-0.15, -0.1) is 0 Å². The summed E-state index contributed by atoms with van der Waals surface area (Å²) in [6, 6.07) is 0. The Kier molecular flexibility index (Phi) is 4.26. The Balaban J connectivity index is 1.86. The molecule has 2 rings (SSSR count). The molecule has 0 aliphatic carbocycles. The number of thioether (sulfide) groups is 1. The van der Waals surface area contributed by atoms with Crippen LogP contribution in [0.1, 0.15) is 18.5 Å². The Morgan fingerprint density at radius 3 is 2.94 bits per heavy atom. The molecule has 0 bridgehead atoms. The second kappa shape index (κ2) is 5.70. The number of aliphatic hydroxyl groups excluding tert-OH is 1. The van der Waals surface area contributed by atoms with Gasteiger partial charge >= 0.3 is 0 Å². The van der Waals surface area contributed by atoms with Gasteiger partial charge in [0.05, 0.1) is 18.5 Å². The molecule has 0 saturated carbocycles. The third kappa shape index (κ3) is 2.78. The van der Waals surface area contributed by atoms with Crippen LogP contribution < -0.4 is 0 Å². The van der Waals surface area contributed by atoms with Crippen LogP contribution in [0.3, 0.4) is 0 Å². The fraction of sp³-hybridized carbons (Fsp3) is 0.727. The van der Waals surface area contributed by atoms with Crippen molar-refractivity contribution < 1.29 is 9.84 Å². The van der Waals surface area contributed by atoms with E-state index in [0.29, 0.717) is 0 Å². The molecule has 0 spiro atoms. The van der Waals surface area contributed by atoms with Crippen molar-refractivity contribution in [2.45, 2.75) is 24.6 Å². The number of nitrogens with zero attached hydrogens (tertiary/aromatic N) is 2. The predicted molar refractivity (Wildman–Crippen MR) is 63.4 cm³/mol. The molecule has 0 aromatic carbocycles. The number of aromatic nitrogens is 2. The topological polar surface area (TPSA) is 47.3 Å². The van der Waals surface area contributed by atoms with Gasteiger partial charge in [-0.3, -0.25) is 0 Å². The van der Waals surface area contributed by atoms with E-state index in [1.807, 2.05) is 11.6 Å². The van der Waals surface area contributed by atoms with E-state index in [4.69, 9.17) is 9.84 Å². The van der Waals surface area contributed by atoms with Crippen LogP contribution in [0.5, 0.6) is 0 Å². The lowest BCUT2D eigenvalue weighted by Crippen LogP contribution is -2.17. The van der Waals surface area contributed by atoms with Gasteiger partial charge in [-0.1, -0.05) is 11.8 Å². The number of rotatable bonds is 4. The van der Waals surface area contributed by atoms with Gasteiger partial charge in [0, 0.05) is 26.0 Å². The summed E-state index contributed by atoms with van der Waals surface area (Å²) in [5.74, 6) is 1.84. The van der Waals surface area contributed by atoms with Crippen LogP contribution in [-0.2, 0) is 18.4 Å². The highest BCUT2D eigenvalue weighted by Gasteiger charge is 2.15. The maximum atomic E-state index is 9.06. The summed E-state index contributed by atoms with van der Waals surface area (Å²) in [7, 11) is 1.95. The van der Waals surface area contributed by atoms with Crippen LogP contribution >= 0.6 is 11.8 Å². The van der Waals surface area contributed by atoms with Crippen LogP contribution in [0.2, 0.25) is 0 Å². The van der Waals surface area contributed by atoms with Crippen molar-refractivity contribution >= 4 is 11.8 Å². The third-order valence-corrected chi connectivity index (χ3v) is 4.27. The first-order chi connectivity index (χ1) is 7.81. The predicted octanol–water partition coefficient (Wildman–Crippen LogP) is 1.43. The summed E-state index contributed by atoms with van der Waals surface area (Å²) in [5, 5.41) is 10.1. The van der Waals surface area contributed by atoms with E-state index >= 15 is 0 Å². The zero-order valence-electron chi connectivity index (χ0n) is 9.56. The molecule has 1 aromatic rings. The van der Waals surface area contributed by atoms with Crippen LogP contribution in [0.25, 0.3) is 0 Å². The number of hydrogen-bond acceptors (Lipinski definition) is 4. The second-order valence-electron chi connectivity index (χ2n) is 4.12. The van der Waals surface area contributed by atoms with E-state index in [2.05, 4.69) is 4.98 Å². The summed E-state index contributed by atoms with van der Waals surface area (Å²) in [6.07, 6.45) is 4.06. The first kappa shape index (κ1) is 12.0. The monoisotopic (exact) mass is 242 g/mol. The summed E-state index contributed by atoms with van der Waals surface area (Å²) in [5.41, 5.74) is 0.870. The number of hydrogen-bond donors (Lipinski definition) is 1. The normalized spacial score (nSPS) is 17.9. The van der Waals surface area contributed by atoms with E-state index in [1.54, 1.807) is 18.0 Å². The summed E-state index contributed by atoms with van der Waals surface area (Å²) >= 11 is 1.77. The van der Waals surface area contributed by atoms with E-state index in [-0.39, 0.29) is 6.61 Å². The molecular formula is C11H18N2O2S. The van der Waals surface area contributed by atoms with Gasteiger partial charge in [0.25, 0.3) is 0 Å². The van der Waals surface area contributed by atoms with Gasteiger partial charge < -0.3 is 14.4 Å².